The molecule has 0 atom stereocenters. The SMILES string of the molecule is O=C(Cn1nnc(-c2ccc(F)cc2)n1)Nc1cccc2nsnc12. The predicted octanol–water partition coefficient (Wildman–Crippen LogP) is 2.12. The minimum absolute atomic E-state index is 0.109. The smallest absolute Gasteiger partial charge is 0.248 e. The van der Waals surface area contributed by atoms with Crippen LogP contribution in [0.15, 0.2) is 42.5 Å². The predicted molar refractivity (Wildman–Crippen MR) is 89.3 cm³/mol. The Kier molecular flexibility index (Phi) is 3.86. The average molecular weight is 355 g/mol. The van der Waals surface area contributed by atoms with Crippen LogP contribution < -0.4 is 5.32 Å². The van der Waals surface area contributed by atoms with Gasteiger partial charge in [0.1, 0.15) is 23.4 Å². The molecule has 4 rings (SSSR count). The van der Waals surface area contributed by atoms with Gasteiger partial charge in [-0.2, -0.15) is 13.5 Å². The number of amides is 1. The Morgan fingerprint density at radius 1 is 1.16 bits per heavy atom. The Hall–Kier alpha value is -3.27. The zero-order valence-electron chi connectivity index (χ0n) is 12.6. The highest BCUT2D eigenvalue weighted by Crippen LogP contribution is 2.21. The van der Waals surface area contributed by atoms with E-state index in [1.807, 2.05) is 6.07 Å². The lowest BCUT2D eigenvalue weighted by atomic mass is 10.2. The summed E-state index contributed by atoms with van der Waals surface area (Å²) in [6.07, 6.45) is 0. The Labute approximate surface area is 144 Å². The van der Waals surface area contributed by atoms with Crippen LogP contribution in [0, 0.1) is 5.82 Å². The number of halogens is 1. The Morgan fingerprint density at radius 3 is 2.84 bits per heavy atom. The number of tetrazole rings is 1. The highest BCUT2D eigenvalue weighted by molar-refractivity contribution is 7.00. The normalized spacial score (nSPS) is 10.9. The maximum atomic E-state index is 13.0. The summed E-state index contributed by atoms with van der Waals surface area (Å²) in [5.74, 6) is -0.344. The Bertz CT molecular complexity index is 1040. The van der Waals surface area contributed by atoms with Crippen molar-refractivity contribution in [3.63, 3.8) is 0 Å². The molecule has 0 aliphatic carbocycles. The van der Waals surface area contributed by atoms with Gasteiger partial charge in [-0.3, -0.25) is 4.79 Å². The van der Waals surface area contributed by atoms with Crippen molar-refractivity contribution in [1.29, 1.82) is 0 Å². The van der Waals surface area contributed by atoms with Crippen LogP contribution in [-0.2, 0) is 11.3 Å². The van der Waals surface area contributed by atoms with E-state index in [0.29, 0.717) is 22.6 Å². The summed E-state index contributed by atoms with van der Waals surface area (Å²) >= 11 is 1.08. The van der Waals surface area contributed by atoms with E-state index >= 15 is 0 Å². The van der Waals surface area contributed by atoms with Crippen molar-refractivity contribution in [3.05, 3.63) is 48.3 Å². The molecule has 0 unspecified atom stereocenters. The highest BCUT2D eigenvalue weighted by atomic mass is 32.1. The van der Waals surface area contributed by atoms with E-state index in [9.17, 15) is 9.18 Å². The van der Waals surface area contributed by atoms with Gasteiger partial charge in [-0.15, -0.1) is 10.2 Å². The number of nitrogens with one attached hydrogen (secondary N) is 1. The van der Waals surface area contributed by atoms with Gasteiger partial charge in [0.25, 0.3) is 0 Å². The summed E-state index contributed by atoms with van der Waals surface area (Å²) in [5.41, 5.74) is 2.56. The fraction of sp³-hybridized carbons (Fsp3) is 0.0667. The molecule has 0 spiro atoms. The van der Waals surface area contributed by atoms with Gasteiger partial charge in [-0.05, 0) is 41.6 Å². The molecule has 2 aromatic heterocycles. The number of aromatic nitrogens is 6. The van der Waals surface area contributed by atoms with Crippen molar-refractivity contribution in [1.82, 2.24) is 29.0 Å². The molecule has 0 fully saturated rings. The second kappa shape index (κ2) is 6.32. The lowest BCUT2D eigenvalue weighted by Crippen LogP contribution is -2.20. The average Bonchev–Trinajstić information content (AvgIpc) is 3.25. The molecule has 124 valence electrons. The maximum absolute atomic E-state index is 13.0. The molecule has 2 aromatic carbocycles. The first-order valence-corrected chi connectivity index (χ1v) is 7.97. The third-order valence-electron chi connectivity index (χ3n) is 3.40. The standard InChI is InChI=1S/C15H10FN7OS/c16-10-6-4-9(5-7-10)15-18-22-23(19-15)8-13(24)17-11-2-1-3-12-14(11)21-25-20-12/h1-7H,8H2,(H,17,24). The summed E-state index contributed by atoms with van der Waals surface area (Å²) in [5, 5.41) is 14.6. The zero-order chi connectivity index (χ0) is 17.2. The molecule has 2 heterocycles. The van der Waals surface area contributed by atoms with E-state index in [-0.39, 0.29) is 18.3 Å². The van der Waals surface area contributed by atoms with E-state index in [0.717, 1.165) is 17.2 Å². The first-order valence-electron chi connectivity index (χ1n) is 7.24. The van der Waals surface area contributed by atoms with Gasteiger partial charge in [-0.1, -0.05) is 6.07 Å². The highest BCUT2D eigenvalue weighted by Gasteiger charge is 2.12. The summed E-state index contributed by atoms with van der Waals surface area (Å²) in [4.78, 5) is 13.4. The van der Waals surface area contributed by atoms with Crippen LogP contribution in [-0.4, -0.2) is 34.9 Å². The van der Waals surface area contributed by atoms with E-state index < -0.39 is 0 Å². The molecule has 4 aromatic rings. The van der Waals surface area contributed by atoms with Crippen LogP contribution >= 0.6 is 11.7 Å². The largest absolute Gasteiger partial charge is 0.322 e. The number of hydrogen-bond donors (Lipinski definition) is 1. The summed E-state index contributed by atoms with van der Waals surface area (Å²) < 4.78 is 21.2. The minimum Gasteiger partial charge on any atom is -0.322 e. The lowest BCUT2D eigenvalue weighted by Gasteiger charge is -2.04. The Morgan fingerprint density at radius 2 is 2.00 bits per heavy atom. The van der Waals surface area contributed by atoms with E-state index in [2.05, 4.69) is 29.5 Å². The van der Waals surface area contributed by atoms with E-state index in [1.54, 1.807) is 24.3 Å². The fourth-order valence-electron chi connectivity index (χ4n) is 2.25. The number of carbonyl (C=O) groups excluding carboxylic acids is 1. The topological polar surface area (TPSA) is 98.5 Å². The number of nitrogens with zero attached hydrogens (tertiary/aromatic N) is 6. The van der Waals surface area contributed by atoms with E-state index in [4.69, 9.17) is 0 Å². The lowest BCUT2D eigenvalue weighted by molar-refractivity contribution is -0.117. The third-order valence-corrected chi connectivity index (χ3v) is 3.94. The number of hydrogen-bond acceptors (Lipinski definition) is 7. The van der Waals surface area contributed by atoms with Crippen molar-refractivity contribution in [3.8, 4) is 11.4 Å². The monoisotopic (exact) mass is 355 g/mol. The van der Waals surface area contributed by atoms with Crippen molar-refractivity contribution < 1.29 is 9.18 Å². The van der Waals surface area contributed by atoms with Crippen LogP contribution in [0.2, 0.25) is 0 Å². The minimum atomic E-state index is -0.346. The van der Waals surface area contributed by atoms with Crippen molar-refractivity contribution in [2.45, 2.75) is 6.54 Å². The van der Waals surface area contributed by atoms with E-state index in [1.165, 1.54) is 16.9 Å². The molecule has 0 saturated heterocycles. The first kappa shape index (κ1) is 15.3. The molecule has 10 heteroatoms. The van der Waals surface area contributed by atoms with Gasteiger partial charge in [0, 0.05) is 5.56 Å². The van der Waals surface area contributed by atoms with Crippen LogP contribution in [0.3, 0.4) is 0 Å². The number of carbonyl (C=O) groups is 1. The quantitative estimate of drug-likeness (QED) is 0.602. The second-order valence-electron chi connectivity index (χ2n) is 5.14. The molecule has 25 heavy (non-hydrogen) atoms. The molecule has 0 aliphatic rings. The molecule has 0 radical (unpaired) electrons. The summed E-state index contributed by atoms with van der Waals surface area (Å²) in [6.45, 7) is -0.109. The summed E-state index contributed by atoms with van der Waals surface area (Å²) in [6, 6.07) is 11.1. The maximum Gasteiger partial charge on any atom is 0.248 e. The molecule has 0 aliphatic heterocycles. The number of anilines is 1. The van der Waals surface area contributed by atoms with Gasteiger partial charge in [0.15, 0.2) is 0 Å². The Balaban J connectivity index is 1.48. The molecule has 1 N–H and O–H groups in total. The molecule has 8 nitrogen and oxygen atoms in total. The third kappa shape index (κ3) is 3.19. The fourth-order valence-corrected chi connectivity index (χ4v) is 2.80. The molecule has 1 amide bonds. The van der Waals surface area contributed by atoms with Crippen LogP contribution in [0.1, 0.15) is 0 Å². The molecule has 0 bridgehead atoms. The van der Waals surface area contributed by atoms with Gasteiger partial charge >= 0.3 is 0 Å². The molecular formula is C15H10FN7OS. The van der Waals surface area contributed by atoms with Crippen molar-refractivity contribution >= 4 is 34.4 Å². The number of benzene rings is 2. The number of fused-ring (bicyclic) bond motifs is 1. The first-order chi connectivity index (χ1) is 12.2. The molecular weight excluding hydrogens is 345 g/mol. The molecule has 0 saturated carbocycles. The van der Waals surface area contributed by atoms with Crippen LogP contribution in [0.4, 0.5) is 10.1 Å². The van der Waals surface area contributed by atoms with Gasteiger partial charge in [0.2, 0.25) is 11.7 Å². The van der Waals surface area contributed by atoms with Gasteiger partial charge in [-0.25, -0.2) is 4.39 Å². The zero-order valence-corrected chi connectivity index (χ0v) is 13.4. The summed E-state index contributed by atoms with van der Waals surface area (Å²) in [7, 11) is 0. The van der Waals surface area contributed by atoms with Crippen LogP contribution in [0.5, 0.6) is 0 Å². The number of rotatable bonds is 4. The second-order valence-corrected chi connectivity index (χ2v) is 5.66. The van der Waals surface area contributed by atoms with Crippen molar-refractivity contribution in [2.24, 2.45) is 0 Å². The van der Waals surface area contributed by atoms with Crippen molar-refractivity contribution in [2.75, 3.05) is 5.32 Å². The van der Waals surface area contributed by atoms with Crippen LogP contribution in [0.25, 0.3) is 22.4 Å². The van der Waals surface area contributed by atoms with Gasteiger partial charge in [0.05, 0.1) is 17.4 Å². The van der Waals surface area contributed by atoms with Gasteiger partial charge < -0.3 is 5.32 Å².